The molecule has 0 aliphatic heterocycles. The molecule has 1 aromatic carbocycles. The minimum absolute atomic E-state index is 0.0760. The van der Waals surface area contributed by atoms with Gasteiger partial charge in [-0.1, -0.05) is 30.3 Å². The van der Waals surface area contributed by atoms with Crippen LogP contribution in [-0.2, 0) is 16.1 Å². The van der Waals surface area contributed by atoms with Gasteiger partial charge in [0, 0.05) is 17.4 Å². The van der Waals surface area contributed by atoms with Crippen LogP contribution in [-0.4, -0.2) is 29.6 Å². The zero-order valence-electron chi connectivity index (χ0n) is 20.7. The number of rotatable bonds is 8. The van der Waals surface area contributed by atoms with E-state index in [1.54, 1.807) is 0 Å². The standard InChI is InChI=1S/C31H41NO2/c33-28(30-12-22-6-23(13-30)8-24(7-22)14-30)19-32(18-21-4-2-1-3-5-21)20-29(34)31-15-25-9-26(16-31)11-27(10-25)17-31/h1-5,22-27H,6-20H2. The average molecular weight is 460 g/mol. The number of hydrogen-bond donors (Lipinski definition) is 0. The molecule has 0 saturated heterocycles. The lowest BCUT2D eigenvalue weighted by Gasteiger charge is -2.56. The van der Waals surface area contributed by atoms with Gasteiger partial charge in [-0.3, -0.25) is 14.5 Å². The van der Waals surface area contributed by atoms with Crippen molar-refractivity contribution >= 4 is 11.6 Å². The number of ketones is 2. The molecule has 0 heterocycles. The lowest BCUT2D eigenvalue weighted by atomic mass is 9.48. The Balaban J connectivity index is 1.11. The lowest BCUT2D eigenvalue weighted by molar-refractivity contribution is -0.149. The average Bonchev–Trinajstić information content (AvgIpc) is 2.78. The maximum absolute atomic E-state index is 14.0. The summed E-state index contributed by atoms with van der Waals surface area (Å²) >= 11 is 0. The van der Waals surface area contributed by atoms with E-state index in [0.717, 1.165) is 80.6 Å². The van der Waals surface area contributed by atoms with Gasteiger partial charge in [0.25, 0.3) is 0 Å². The number of carbonyl (C=O) groups is 2. The van der Waals surface area contributed by atoms with Crippen molar-refractivity contribution in [1.29, 1.82) is 0 Å². The molecule has 3 heteroatoms. The molecule has 8 bridgehead atoms. The van der Waals surface area contributed by atoms with E-state index in [2.05, 4.69) is 35.2 Å². The normalized spacial score (nSPS) is 43.6. The van der Waals surface area contributed by atoms with Crippen molar-refractivity contribution in [2.75, 3.05) is 13.1 Å². The summed E-state index contributed by atoms with van der Waals surface area (Å²) in [6.45, 7) is 1.66. The third-order valence-corrected chi connectivity index (χ3v) is 11.2. The third-order valence-electron chi connectivity index (χ3n) is 11.2. The fraction of sp³-hybridized carbons (Fsp3) is 0.742. The second-order valence-corrected chi connectivity index (χ2v) is 13.9. The van der Waals surface area contributed by atoms with Crippen molar-refractivity contribution in [2.24, 2.45) is 46.3 Å². The Morgan fingerprint density at radius 3 is 1.32 bits per heavy atom. The number of carbonyl (C=O) groups excluding carboxylic acids is 2. The molecule has 0 amide bonds. The Morgan fingerprint density at radius 2 is 0.971 bits per heavy atom. The molecular weight excluding hydrogens is 418 g/mol. The van der Waals surface area contributed by atoms with Gasteiger partial charge >= 0.3 is 0 Å². The van der Waals surface area contributed by atoms with Crippen molar-refractivity contribution in [3.63, 3.8) is 0 Å². The highest BCUT2D eigenvalue weighted by Gasteiger charge is 2.56. The molecule has 8 aliphatic carbocycles. The van der Waals surface area contributed by atoms with Crippen LogP contribution in [0, 0.1) is 46.3 Å². The van der Waals surface area contributed by atoms with Crippen molar-refractivity contribution in [3.05, 3.63) is 35.9 Å². The highest BCUT2D eigenvalue weighted by molar-refractivity contribution is 5.90. The Bertz CT molecular complexity index is 836. The number of Topliss-reactive ketones (excluding diaryl/α,β-unsaturated/α-hetero) is 2. The van der Waals surface area contributed by atoms with Crippen LogP contribution in [0.1, 0.15) is 82.6 Å². The summed E-state index contributed by atoms with van der Waals surface area (Å²) in [6.07, 6.45) is 14.9. The first-order chi connectivity index (χ1) is 16.5. The van der Waals surface area contributed by atoms with E-state index in [1.165, 1.54) is 44.1 Å². The highest BCUT2D eigenvalue weighted by Crippen LogP contribution is 2.61. The summed E-state index contributed by atoms with van der Waals surface area (Å²) in [7, 11) is 0. The van der Waals surface area contributed by atoms with Crippen LogP contribution in [0.4, 0.5) is 0 Å². The second-order valence-electron chi connectivity index (χ2n) is 13.9. The van der Waals surface area contributed by atoms with Crippen molar-refractivity contribution < 1.29 is 9.59 Å². The van der Waals surface area contributed by atoms with Crippen molar-refractivity contribution in [3.8, 4) is 0 Å². The molecular formula is C31H41NO2. The highest BCUT2D eigenvalue weighted by atomic mass is 16.1. The quantitative estimate of drug-likeness (QED) is 0.474. The SMILES string of the molecule is O=C(CN(CC(=O)C12CC3CC(CC(C3)C1)C2)Cc1ccccc1)C12CC3CC(CC(C3)C1)C2. The molecule has 8 saturated carbocycles. The Morgan fingerprint density at radius 1 is 0.618 bits per heavy atom. The third kappa shape index (κ3) is 3.72. The van der Waals surface area contributed by atoms with Gasteiger partial charge in [-0.05, 0) is 118 Å². The van der Waals surface area contributed by atoms with E-state index >= 15 is 0 Å². The van der Waals surface area contributed by atoms with Crippen LogP contribution in [0.2, 0.25) is 0 Å². The van der Waals surface area contributed by atoms with Crippen LogP contribution in [0.25, 0.3) is 0 Å². The van der Waals surface area contributed by atoms with Gasteiger partial charge in [-0.15, -0.1) is 0 Å². The lowest BCUT2D eigenvalue weighted by Crippen LogP contribution is -2.54. The molecule has 0 radical (unpaired) electrons. The Kier molecular flexibility index (Phi) is 5.13. The first-order valence-electron chi connectivity index (χ1n) is 14.3. The first-order valence-corrected chi connectivity index (χ1v) is 14.3. The maximum atomic E-state index is 14.0. The minimum Gasteiger partial charge on any atom is -0.298 e. The maximum Gasteiger partial charge on any atom is 0.153 e. The molecule has 0 unspecified atom stereocenters. The predicted molar refractivity (Wildman–Crippen MR) is 133 cm³/mol. The summed E-state index contributed by atoms with van der Waals surface area (Å²) in [5.41, 5.74) is 1.07. The van der Waals surface area contributed by atoms with Gasteiger partial charge in [0.15, 0.2) is 11.6 Å². The van der Waals surface area contributed by atoms with Crippen LogP contribution >= 0.6 is 0 Å². The van der Waals surface area contributed by atoms with E-state index < -0.39 is 0 Å². The summed E-state index contributed by atoms with van der Waals surface area (Å²) < 4.78 is 0. The van der Waals surface area contributed by atoms with Crippen LogP contribution in [0.15, 0.2) is 30.3 Å². The van der Waals surface area contributed by atoms with Gasteiger partial charge in [-0.25, -0.2) is 0 Å². The van der Waals surface area contributed by atoms with Gasteiger partial charge in [0.1, 0.15) is 0 Å². The summed E-state index contributed by atoms with van der Waals surface area (Å²) in [6, 6.07) is 10.5. The molecule has 182 valence electrons. The van der Waals surface area contributed by atoms with E-state index in [9.17, 15) is 9.59 Å². The van der Waals surface area contributed by atoms with E-state index in [-0.39, 0.29) is 10.8 Å². The first kappa shape index (κ1) is 21.8. The van der Waals surface area contributed by atoms with Crippen molar-refractivity contribution in [2.45, 2.75) is 83.6 Å². The van der Waals surface area contributed by atoms with Crippen LogP contribution < -0.4 is 0 Å². The summed E-state index contributed by atoms with van der Waals surface area (Å²) in [5, 5.41) is 0. The minimum atomic E-state index is -0.0760. The molecule has 9 rings (SSSR count). The monoisotopic (exact) mass is 459 g/mol. The second kappa shape index (κ2) is 8.02. The van der Waals surface area contributed by atoms with Gasteiger partial charge in [0.2, 0.25) is 0 Å². The molecule has 8 aliphatic rings. The van der Waals surface area contributed by atoms with Crippen molar-refractivity contribution in [1.82, 2.24) is 4.90 Å². The van der Waals surface area contributed by atoms with Gasteiger partial charge in [0.05, 0.1) is 13.1 Å². The smallest absolute Gasteiger partial charge is 0.153 e. The zero-order chi connectivity index (χ0) is 22.9. The summed E-state index contributed by atoms with van der Waals surface area (Å²) in [4.78, 5) is 30.2. The van der Waals surface area contributed by atoms with Gasteiger partial charge in [-0.2, -0.15) is 0 Å². The zero-order valence-corrected chi connectivity index (χ0v) is 20.7. The molecule has 0 atom stereocenters. The number of nitrogens with zero attached hydrogens (tertiary/aromatic N) is 1. The molecule has 1 aromatic rings. The number of benzene rings is 1. The molecule has 0 N–H and O–H groups in total. The number of hydrogen-bond acceptors (Lipinski definition) is 3. The largest absolute Gasteiger partial charge is 0.298 e. The molecule has 0 aromatic heterocycles. The Labute approximate surface area is 205 Å². The van der Waals surface area contributed by atoms with E-state index in [1.807, 2.05) is 0 Å². The fourth-order valence-electron chi connectivity index (χ4n) is 10.7. The molecule has 8 fully saturated rings. The Hall–Kier alpha value is -1.48. The summed E-state index contributed by atoms with van der Waals surface area (Å²) in [5.74, 6) is 5.62. The van der Waals surface area contributed by atoms with Gasteiger partial charge < -0.3 is 0 Å². The van der Waals surface area contributed by atoms with E-state index in [4.69, 9.17) is 0 Å². The fourth-order valence-corrected chi connectivity index (χ4v) is 10.7. The molecule has 0 spiro atoms. The van der Waals surface area contributed by atoms with Crippen LogP contribution in [0.3, 0.4) is 0 Å². The molecule has 3 nitrogen and oxygen atoms in total. The van der Waals surface area contributed by atoms with Crippen LogP contribution in [0.5, 0.6) is 0 Å². The predicted octanol–water partition coefficient (Wildman–Crippen LogP) is 6.06. The molecule has 34 heavy (non-hydrogen) atoms. The topological polar surface area (TPSA) is 37.4 Å². The van der Waals surface area contributed by atoms with E-state index in [0.29, 0.717) is 24.7 Å².